The largest absolute Gasteiger partial charge is 0.392 e. The standard InChI is InChI=1S/C20H24N4O3/c1-13(22-19(26)18-11-17(25)12-21-18)14-7-9-16(10-8-14)24-20(27)23-15-5-3-2-4-6-15/h2-10,13,17-18,21,25H,11-12H2,1H3,(H,22,26)(H2,23,24,27). The number of hydrogen-bond acceptors (Lipinski definition) is 4. The first kappa shape index (κ1) is 18.9. The molecule has 2 aromatic carbocycles. The van der Waals surface area contributed by atoms with Crippen molar-refractivity contribution in [2.45, 2.75) is 31.5 Å². The molecule has 1 aliphatic heterocycles. The molecule has 5 N–H and O–H groups in total. The SMILES string of the molecule is CC(NC(=O)C1CC(O)CN1)c1ccc(NC(=O)Nc2ccccc2)cc1. The van der Waals surface area contributed by atoms with Gasteiger partial charge in [-0.3, -0.25) is 4.79 Å². The summed E-state index contributed by atoms with van der Waals surface area (Å²) in [6, 6.07) is 15.7. The molecule has 0 radical (unpaired) electrons. The third kappa shape index (κ3) is 5.29. The number of aliphatic hydroxyl groups is 1. The van der Waals surface area contributed by atoms with Gasteiger partial charge >= 0.3 is 6.03 Å². The van der Waals surface area contributed by atoms with Gasteiger partial charge in [-0.2, -0.15) is 0 Å². The Kier molecular flexibility index (Phi) is 6.05. The van der Waals surface area contributed by atoms with E-state index in [2.05, 4.69) is 21.3 Å². The van der Waals surface area contributed by atoms with Crippen LogP contribution in [0.5, 0.6) is 0 Å². The van der Waals surface area contributed by atoms with Crippen molar-refractivity contribution in [3.63, 3.8) is 0 Å². The zero-order chi connectivity index (χ0) is 19.2. The molecule has 7 heteroatoms. The van der Waals surface area contributed by atoms with Gasteiger partial charge in [0.2, 0.25) is 5.91 Å². The Morgan fingerprint density at radius 3 is 2.26 bits per heavy atom. The fourth-order valence-corrected chi connectivity index (χ4v) is 2.98. The molecule has 0 saturated carbocycles. The fourth-order valence-electron chi connectivity index (χ4n) is 2.98. The van der Waals surface area contributed by atoms with Crippen LogP contribution in [0.25, 0.3) is 0 Å². The Morgan fingerprint density at radius 2 is 1.67 bits per heavy atom. The second-order valence-electron chi connectivity index (χ2n) is 6.65. The van der Waals surface area contributed by atoms with Gasteiger partial charge in [0.25, 0.3) is 0 Å². The number of hydrogen-bond donors (Lipinski definition) is 5. The van der Waals surface area contributed by atoms with Crippen molar-refractivity contribution in [1.82, 2.24) is 10.6 Å². The number of urea groups is 1. The van der Waals surface area contributed by atoms with Crippen molar-refractivity contribution in [3.8, 4) is 0 Å². The van der Waals surface area contributed by atoms with Crippen LogP contribution in [0, 0.1) is 0 Å². The maximum atomic E-state index is 12.2. The highest BCUT2D eigenvalue weighted by Gasteiger charge is 2.28. The molecule has 1 saturated heterocycles. The first-order valence-electron chi connectivity index (χ1n) is 8.96. The molecule has 3 rings (SSSR count). The summed E-state index contributed by atoms with van der Waals surface area (Å²) in [5.41, 5.74) is 2.30. The van der Waals surface area contributed by atoms with E-state index in [0.29, 0.717) is 24.3 Å². The lowest BCUT2D eigenvalue weighted by Crippen LogP contribution is -2.41. The molecule has 0 aliphatic carbocycles. The van der Waals surface area contributed by atoms with Crippen molar-refractivity contribution in [3.05, 3.63) is 60.2 Å². The summed E-state index contributed by atoms with van der Waals surface area (Å²) in [4.78, 5) is 24.2. The summed E-state index contributed by atoms with van der Waals surface area (Å²) < 4.78 is 0. The number of amides is 3. The van der Waals surface area contributed by atoms with Crippen LogP contribution in [0.1, 0.15) is 24.9 Å². The van der Waals surface area contributed by atoms with Gasteiger partial charge in [0, 0.05) is 17.9 Å². The van der Waals surface area contributed by atoms with Gasteiger partial charge in [-0.05, 0) is 43.2 Å². The van der Waals surface area contributed by atoms with E-state index in [1.165, 1.54) is 0 Å². The molecule has 7 nitrogen and oxygen atoms in total. The Labute approximate surface area is 158 Å². The molecule has 142 valence electrons. The van der Waals surface area contributed by atoms with Crippen LogP contribution < -0.4 is 21.3 Å². The Bertz CT molecular complexity index is 780. The highest BCUT2D eigenvalue weighted by atomic mass is 16.3. The van der Waals surface area contributed by atoms with Gasteiger partial charge in [-0.1, -0.05) is 30.3 Å². The van der Waals surface area contributed by atoms with Gasteiger partial charge in [0.1, 0.15) is 0 Å². The van der Waals surface area contributed by atoms with Crippen LogP contribution in [0.4, 0.5) is 16.2 Å². The number of para-hydroxylation sites is 1. The highest BCUT2D eigenvalue weighted by molar-refractivity contribution is 5.99. The predicted molar refractivity (Wildman–Crippen MR) is 104 cm³/mol. The molecule has 0 bridgehead atoms. The van der Waals surface area contributed by atoms with Crippen LogP contribution >= 0.6 is 0 Å². The van der Waals surface area contributed by atoms with Crippen LogP contribution in [0.3, 0.4) is 0 Å². The van der Waals surface area contributed by atoms with Crippen molar-refractivity contribution < 1.29 is 14.7 Å². The zero-order valence-electron chi connectivity index (χ0n) is 15.1. The zero-order valence-corrected chi connectivity index (χ0v) is 15.1. The first-order valence-corrected chi connectivity index (χ1v) is 8.96. The van der Waals surface area contributed by atoms with E-state index in [4.69, 9.17) is 0 Å². The smallest absolute Gasteiger partial charge is 0.323 e. The van der Waals surface area contributed by atoms with Crippen molar-refractivity contribution in [2.24, 2.45) is 0 Å². The summed E-state index contributed by atoms with van der Waals surface area (Å²) in [5, 5.41) is 21.0. The minimum atomic E-state index is -0.469. The molecule has 27 heavy (non-hydrogen) atoms. The van der Waals surface area contributed by atoms with E-state index in [1.807, 2.05) is 49.4 Å². The van der Waals surface area contributed by atoms with Gasteiger partial charge in [-0.25, -0.2) is 4.79 Å². The molecule has 1 fully saturated rings. The van der Waals surface area contributed by atoms with Gasteiger partial charge in [0.05, 0.1) is 18.2 Å². The van der Waals surface area contributed by atoms with E-state index in [-0.39, 0.29) is 24.0 Å². The number of β-amino-alcohol motifs (C(OH)–C–C–N with tert-alkyl or cyclic N) is 1. The second-order valence-corrected chi connectivity index (χ2v) is 6.65. The van der Waals surface area contributed by atoms with Crippen LogP contribution in [-0.2, 0) is 4.79 Å². The number of benzene rings is 2. The molecule has 2 aromatic rings. The van der Waals surface area contributed by atoms with E-state index < -0.39 is 6.10 Å². The highest BCUT2D eigenvalue weighted by Crippen LogP contribution is 2.17. The maximum Gasteiger partial charge on any atom is 0.323 e. The molecule has 3 amide bonds. The van der Waals surface area contributed by atoms with Crippen LogP contribution in [0.2, 0.25) is 0 Å². The number of carbonyl (C=O) groups excluding carboxylic acids is 2. The summed E-state index contributed by atoms with van der Waals surface area (Å²) in [6.45, 7) is 2.34. The third-order valence-corrected chi connectivity index (χ3v) is 4.48. The average Bonchev–Trinajstić information content (AvgIpc) is 3.09. The minimum Gasteiger partial charge on any atom is -0.392 e. The summed E-state index contributed by atoms with van der Waals surface area (Å²) in [6.07, 6.45) is -0.0405. The lowest BCUT2D eigenvalue weighted by atomic mass is 10.1. The van der Waals surface area contributed by atoms with E-state index in [9.17, 15) is 14.7 Å². The molecule has 1 aliphatic rings. The topological polar surface area (TPSA) is 102 Å². The number of rotatable bonds is 5. The van der Waals surface area contributed by atoms with Crippen molar-refractivity contribution >= 4 is 23.3 Å². The predicted octanol–water partition coefficient (Wildman–Crippen LogP) is 2.23. The van der Waals surface area contributed by atoms with Crippen molar-refractivity contribution in [2.75, 3.05) is 17.2 Å². The molecule has 0 spiro atoms. The molecule has 1 heterocycles. The van der Waals surface area contributed by atoms with Crippen LogP contribution in [0.15, 0.2) is 54.6 Å². The Balaban J connectivity index is 1.51. The lowest BCUT2D eigenvalue weighted by Gasteiger charge is -2.18. The monoisotopic (exact) mass is 368 g/mol. The number of nitrogens with one attached hydrogen (secondary N) is 4. The first-order chi connectivity index (χ1) is 13.0. The summed E-state index contributed by atoms with van der Waals surface area (Å²) in [5.74, 6) is -0.122. The average molecular weight is 368 g/mol. The number of carbonyl (C=O) groups is 2. The summed E-state index contributed by atoms with van der Waals surface area (Å²) in [7, 11) is 0. The number of anilines is 2. The fraction of sp³-hybridized carbons (Fsp3) is 0.300. The number of aliphatic hydroxyl groups excluding tert-OH is 1. The van der Waals surface area contributed by atoms with E-state index >= 15 is 0 Å². The molecule has 0 aromatic heterocycles. The van der Waals surface area contributed by atoms with Crippen molar-refractivity contribution in [1.29, 1.82) is 0 Å². The third-order valence-electron chi connectivity index (χ3n) is 4.48. The minimum absolute atomic E-state index is 0.122. The second kappa shape index (κ2) is 8.66. The lowest BCUT2D eigenvalue weighted by molar-refractivity contribution is -0.123. The van der Waals surface area contributed by atoms with E-state index in [0.717, 1.165) is 5.56 Å². The Morgan fingerprint density at radius 1 is 1.04 bits per heavy atom. The van der Waals surface area contributed by atoms with Crippen LogP contribution in [-0.4, -0.2) is 35.7 Å². The molecule has 3 unspecified atom stereocenters. The van der Waals surface area contributed by atoms with Gasteiger partial charge < -0.3 is 26.4 Å². The summed E-state index contributed by atoms with van der Waals surface area (Å²) >= 11 is 0. The quantitative estimate of drug-likeness (QED) is 0.558. The maximum absolute atomic E-state index is 12.2. The van der Waals surface area contributed by atoms with Gasteiger partial charge in [0.15, 0.2) is 0 Å². The van der Waals surface area contributed by atoms with Gasteiger partial charge in [-0.15, -0.1) is 0 Å². The Hall–Kier alpha value is -2.90. The normalized spacial score (nSPS) is 19.9. The van der Waals surface area contributed by atoms with E-state index in [1.54, 1.807) is 12.1 Å². The molecular weight excluding hydrogens is 344 g/mol. The molecular formula is C20H24N4O3. The molecule has 3 atom stereocenters.